The van der Waals surface area contributed by atoms with Crippen LogP contribution in [0.15, 0.2) is 96.2 Å². The summed E-state index contributed by atoms with van der Waals surface area (Å²) in [5, 5.41) is 10.2. The van der Waals surface area contributed by atoms with Gasteiger partial charge in [0.05, 0.1) is 27.3 Å². The van der Waals surface area contributed by atoms with Crippen molar-refractivity contribution in [3.63, 3.8) is 0 Å². The van der Waals surface area contributed by atoms with Crippen LogP contribution in [0.3, 0.4) is 0 Å². The van der Waals surface area contributed by atoms with Gasteiger partial charge in [0.25, 0.3) is 15.9 Å². The molecule has 0 aliphatic heterocycles. The monoisotopic (exact) mass is 700 g/mol. The number of para-hydroxylation sites is 1. The lowest BCUT2D eigenvalue weighted by atomic mass is 9.91. The zero-order valence-electron chi connectivity index (χ0n) is 27.3. The summed E-state index contributed by atoms with van der Waals surface area (Å²) in [6.07, 6.45) is 5.71. The molecule has 6 rings (SSSR count). The topological polar surface area (TPSA) is 144 Å². The molecule has 1 aliphatic rings. The molecule has 49 heavy (non-hydrogen) atoms. The molecule has 3 aromatic carbocycles. The second-order valence-corrected chi connectivity index (χ2v) is 15.2. The van der Waals surface area contributed by atoms with Gasteiger partial charge < -0.3 is 15.4 Å². The minimum absolute atomic E-state index is 0.0201. The minimum Gasteiger partial charge on any atom is -0.444 e. The van der Waals surface area contributed by atoms with Crippen LogP contribution in [0.2, 0.25) is 5.02 Å². The maximum Gasteiger partial charge on any atom is 0.412 e. The van der Waals surface area contributed by atoms with Gasteiger partial charge in [-0.25, -0.2) is 27.2 Å². The van der Waals surface area contributed by atoms with Gasteiger partial charge in [0.2, 0.25) is 5.95 Å². The van der Waals surface area contributed by atoms with Gasteiger partial charge in [-0.05, 0) is 88.9 Å². The van der Waals surface area contributed by atoms with E-state index in [1.54, 1.807) is 93.7 Å². The van der Waals surface area contributed by atoms with E-state index in [1.807, 2.05) is 12.1 Å². The van der Waals surface area contributed by atoms with Gasteiger partial charge in [0, 0.05) is 40.5 Å². The Bertz CT molecular complexity index is 2100. The third-order valence-electron chi connectivity index (χ3n) is 8.11. The summed E-state index contributed by atoms with van der Waals surface area (Å²) >= 11 is 6.63. The smallest absolute Gasteiger partial charge is 0.412 e. The first-order chi connectivity index (χ1) is 23.4. The van der Waals surface area contributed by atoms with Crippen LogP contribution in [-0.4, -0.2) is 52.0 Å². The Morgan fingerprint density at radius 3 is 2.37 bits per heavy atom. The van der Waals surface area contributed by atoms with Gasteiger partial charge in [0.15, 0.2) is 0 Å². The Labute approximate surface area is 290 Å². The average Bonchev–Trinajstić information content (AvgIpc) is 3.46. The Morgan fingerprint density at radius 2 is 1.63 bits per heavy atom. The molecular formula is C36H37ClN6O5S. The number of anilines is 2. The standard InChI is InChI=1S/C36H37ClN6O5S/c1-36(2,3)48-35(45)41-24-18-16-23(17-19-24)33(44)39-25-10-9-11-26(20-25)40-34-38-21-30(37)32(42-34)29-22-43(31-15-8-7-14-28(29)31)49(46,47)27-12-5-4-6-13-27/h4-8,12-19,21-22,25-26H,9-11,20H2,1-3H3,(H,39,44)(H,41,45)(H,38,40,42)/t25?,26-/m1/s1. The number of nitrogens with zero attached hydrogens (tertiary/aromatic N) is 3. The number of halogens is 1. The van der Waals surface area contributed by atoms with E-state index in [1.165, 1.54) is 10.2 Å². The molecule has 0 bridgehead atoms. The van der Waals surface area contributed by atoms with Crippen LogP contribution >= 0.6 is 11.6 Å². The number of ether oxygens (including phenoxy) is 1. The van der Waals surface area contributed by atoms with Gasteiger partial charge >= 0.3 is 6.09 Å². The van der Waals surface area contributed by atoms with E-state index in [2.05, 4.69) is 20.9 Å². The molecule has 1 fully saturated rings. The Morgan fingerprint density at radius 1 is 0.939 bits per heavy atom. The number of carbonyl (C=O) groups excluding carboxylic acids is 2. The number of benzene rings is 3. The van der Waals surface area contributed by atoms with Gasteiger partial charge in [-0.3, -0.25) is 10.1 Å². The maximum absolute atomic E-state index is 13.6. The van der Waals surface area contributed by atoms with Crippen molar-refractivity contribution in [3.8, 4) is 11.3 Å². The second kappa shape index (κ2) is 13.9. The fourth-order valence-electron chi connectivity index (χ4n) is 5.90. The first-order valence-corrected chi connectivity index (χ1v) is 17.8. The van der Waals surface area contributed by atoms with E-state index in [-0.39, 0.29) is 27.9 Å². The van der Waals surface area contributed by atoms with Gasteiger partial charge in [-0.2, -0.15) is 0 Å². The molecule has 1 unspecified atom stereocenters. The molecule has 0 saturated heterocycles. The molecule has 2 atom stereocenters. The molecule has 2 amide bonds. The van der Waals surface area contributed by atoms with Crippen LogP contribution < -0.4 is 16.0 Å². The molecule has 0 spiro atoms. The normalized spacial score (nSPS) is 16.6. The fraction of sp³-hybridized carbons (Fsp3) is 0.278. The molecule has 3 N–H and O–H groups in total. The van der Waals surface area contributed by atoms with Crippen LogP contribution in [0.5, 0.6) is 0 Å². The number of nitrogens with one attached hydrogen (secondary N) is 3. The van der Waals surface area contributed by atoms with E-state index >= 15 is 0 Å². The van der Waals surface area contributed by atoms with Crippen LogP contribution in [0.4, 0.5) is 16.4 Å². The van der Waals surface area contributed by atoms with E-state index in [4.69, 9.17) is 21.3 Å². The molecule has 2 aromatic heterocycles. The average molecular weight is 701 g/mol. The van der Waals surface area contributed by atoms with E-state index in [0.717, 1.165) is 19.3 Å². The Balaban J connectivity index is 1.15. The Hall–Kier alpha value is -4.94. The fourth-order valence-corrected chi connectivity index (χ4v) is 7.48. The predicted octanol–water partition coefficient (Wildman–Crippen LogP) is 7.49. The molecule has 1 aliphatic carbocycles. The van der Waals surface area contributed by atoms with Crippen molar-refractivity contribution in [2.45, 2.75) is 69.0 Å². The van der Waals surface area contributed by atoms with E-state index in [0.29, 0.717) is 45.8 Å². The summed E-state index contributed by atoms with van der Waals surface area (Å²) in [6.45, 7) is 5.36. The van der Waals surface area contributed by atoms with Crippen LogP contribution in [0.25, 0.3) is 22.2 Å². The number of aromatic nitrogens is 3. The second-order valence-electron chi connectivity index (χ2n) is 12.9. The number of hydrogen-bond donors (Lipinski definition) is 3. The molecule has 11 nitrogen and oxygen atoms in total. The van der Waals surface area contributed by atoms with E-state index < -0.39 is 21.7 Å². The predicted molar refractivity (Wildman–Crippen MR) is 190 cm³/mol. The summed E-state index contributed by atoms with van der Waals surface area (Å²) in [4.78, 5) is 34.5. The molecule has 2 heterocycles. The lowest BCUT2D eigenvalue weighted by Crippen LogP contribution is -2.42. The maximum atomic E-state index is 13.6. The summed E-state index contributed by atoms with van der Waals surface area (Å²) in [7, 11) is -3.89. The van der Waals surface area contributed by atoms with Crippen LogP contribution in [0, 0.1) is 0 Å². The van der Waals surface area contributed by atoms with Crippen LogP contribution in [-0.2, 0) is 14.8 Å². The highest BCUT2D eigenvalue weighted by Crippen LogP contribution is 2.36. The third kappa shape index (κ3) is 7.87. The summed E-state index contributed by atoms with van der Waals surface area (Å²) in [5.41, 5.74) is 1.86. The van der Waals surface area contributed by atoms with Crippen molar-refractivity contribution < 1.29 is 22.7 Å². The largest absolute Gasteiger partial charge is 0.444 e. The molecular weight excluding hydrogens is 664 g/mol. The highest BCUT2D eigenvalue weighted by Gasteiger charge is 2.26. The first kappa shape index (κ1) is 33.9. The first-order valence-electron chi connectivity index (χ1n) is 16.0. The van der Waals surface area contributed by atoms with E-state index in [9.17, 15) is 18.0 Å². The summed E-state index contributed by atoms with van der Waals surface area (Å²) < 4.78 is 33.8. The van der Waals surface area contributed by atoms with Crippen LogP contribution in [0.1, 0.15) is 56.8 Å². The van der Waals surface area contributed by atoms with Gasteiger partial charge in [0.1, 0.15) is 5.60 Å². The molecule has 254 valence electrons. The third-order valence-corrected chi connectivity index (χ3v) is 10.1. The van der Waals surface area contributed by atoms with Crippen molar-refractivity contribution in [1.82, 2.24) is 19.3 Å². The molecule has 1 saturated carbocycles. The summed E-state index contributed by atoms with van der Waals surface area (Å²) in [6, 6.07) is 22.0. The quantitative estimate of drug-likeness (QED) is 0.151. The highest BCUT2D eigenvalue weighted by atomic mass is 35.5. The van der Waals surface area contributed by atoms with Crippen molar-refractivity contribution in [1.29, 1.82) is 0 Å². The minimum atomic E-state index is -3.89. The number of carbonyl (C=O) groups is 2. The zero-order valence-corrected chi connectivity index (χ0v) is 28.9. The van der Waals surface area contributed by atoms with Gasteiger partial charge in [-0.15, -0.1) is 0 Å². The van der Waals surface area contributed by atoms with Crippen molar-refractivity contribution in [2.24, 2.45) is 0 Å². The molecule has 13 heteroatoms. The molecule has 0 radical (unpaired) electrons. The van der Waals surface area contributed by atoms with Crippen molar-refractivity contribution in [2.75, 3.05) is 10.6 Å². The lowest BCUT2D eigenvalue weighted by Gasteiger charge is -2.30. The van der Waals surface area contributed by atoms with Gasteiger partial charge in [-0.1, -0.05) is 48.0 Å². The molecule has 5 aromatic rings. The SMILES string of the molecule is CC(C)(C)OC(=O)Nc1ccc(C(=O)NC2CCC[C@@H](Nc3ncc(Cl)c(-c4cn(S(=O)(=O)c5ccccc5)c5ccccc45)n3)C2)cc1. The Kier molecular flexibility index (Phi) is 9.62. The zero-order chi connectivity index (χ0) is 34.8. The highest BCUT2D eigenvalue weighted by molar-refractivity contribution is 7.90. The number of fused-ring (bicyclic) bond motifs is 1. The lowest BCUT2D eigenvalue weighted by molar-refractivity contribution is 0.0635. The van der Waals surface area contributed by atoms with Crippen molar-refractivity contribution >= 4 is 56.2 Å². The number of amides is 2. The number of rotatable bonds is 8. The van der Waals surface area contributed by atoms with Crippen molar-refractivity contribution in [3.05, 3.63) is 102 Å². The summed E-state index contributed by atoms with van der Waals surface area (Å²) in [5.74, 6) is 0.147. The number of hydrogen-bond acceptors (Lipinski definition) is 8.